The van der Waals surface area contributed by atoms with Crippen molar-refractivity contribution in [2.45, 2.75) is 0 Å². The molecule has 9 aromatic carbocycles. The maximum absolute atomic E-state index is 2.44. The van der Waals surface area contributed by atoms with E-state index in [0.717, 1.165) is 34.0 Å². The van der Waals surface area contributed by atoms with Gasteiger partial charge in [0.25, 0.3) is 0 Å². The average molecular weight is 728 g/mol. The van der Waals surface area contributed by atoms with E-state index in [0.29, 0.717) is 0 Å². The van der Waals surface area contributed by atoms with Crippen molar-refractivity contribution >= 4 is 60.7 Å². The summed E-state index contributed by atoms with van der Waals surface area (Å²) in [5.74, 6) is 0. The fourth-order valence-electron chi connectivity index (χ4n) is 8.75. The molecule has 0 aliphatic heterocycles. The summed E-state index contributed by atoms with van der Waals surface area (Å²) in [5.41, 5.74) is 15.0. The van der Waals surface area contributed by atoms with Gasteiger partial charge in [-0.05, 0) is 101 Å². The molecule has 3 nitrogen and oxygen atoms in total. The number of hydrogen-bond acceptors (Lipinski definition) is 1. The Morgan fingerprint density at radius 3 is 1.40 bits per heavy atom. The van der Waals surface area contributed by atoms with Crippen LogP contribution in [0, 0.1) is 0 Å². The van der Waals surface area contributed by atoms with E-state index < -0.39 is 0 Å². The van der Waals surface area contributed by atoms with Crippen LogP contribution in [-0.2, 0) is 0 Å². The van der Waals surface area contributed by atoms with E-state index >= 15 is 0 Å². The molecule has 0 N–H and O–H groups in total. The van der Waals surface area contributed by atoms with Crippen LogP contribution in [0.3, 0.4) is 0 Å². The van der Waals surface area contributed by atoms with Crippen molar-refractivity contribution in [2.75, 3.05) is 4.90 Å². The van der Waals surface area contributed by atoms with Crippen LogP contribution in [0.15, 0.2) is 224 Å². The van der Waals surface area contributed by atoms with Crippen molar-refractivity contribution in [3.8, 4) is 33.6 Å². The third-order valence-electron chi connectivity index (χ3n) is 11.3. The number of anilines is 3. The van der Waals surface area contributed by atoms with Crippen molar-refractivity contribution in [2.24, 2.45) is 0 Å². The summed E-state index contributed by atoms with van der Waals surface area (Å²) in [7, 11) is 0. The molecule has 0 aliphatic rings. The maximum Gasteiger partial charge on any atom is 0.0562 e. The molecule has 268 valence electrons. The molecule has 0 unspecified atom stereocenters. The molecular formula is C54H37N3. The van der Waals surface area contributed by atoms with E-state index in [1.54, 1.807) is 0 Å². The molecule has 0 amide bonds. The minimum absolute atomic E-state index is 1.09. The van der Waals surface area contributed by atoms with Gasteiger partial charge < -0.3 is 14.0 Å². The fourth-order valence-corrected chi connectivity index (χ4v) is 8.75. The van der Waals surface area contributed by atoms with Crippen LogP contribution in [0.1, 0.15) is 0 Å². The molecule has 0 spiro atoms. The number of fused-ring (bicyclic) bond motifs is 6. The molecular weight excluding hydrogens is 691 g/mol. The minimum Gasteiger partial charge on any atom is -0.310 e. The lowest BCUT2D eigenvalue weighted by Crippen LogP contribution is -2.10. The van der Waals surface area contributed by atoms with E-state index in [1.807, 2.05) is 0 Å². The van der Waals surface area contributed by atoms with E-state index in [-0.39, 0.29) is 0 Å². The topological polar surface area (TPSA) is 13.1 Å². The van der Waals surface area contributed by atoms with Crippen molar-refractivity contribution < 1.29 is 0 Å². The van der Waals surface area contributed by atoms with Gasteiger partial charge in [0.15, 0.2) is 0 Å². The smallest absolute Gasteiger partial charge is 0.0562 e. The Hall–Kier alpha value is -7.62. The van der Waals surface area contributed by atoms with E-state index in [2.05, 4.69) is 238 Å². The Morgan fingerprint density at radius 2 is 0.737 bits per heavy atom. The summed E-state index contributed by atoms with van der Waals surface area (Å²) in [6, 6.07) is 81.1. The van der Waals surface area contributed by atoms with Gasteiger partial charge >= 0.3 is 0 Å². The van der Waals surface area contributed by atoms with Crippen LogP contribution in [0.25, 0.3) is 77.2 Å². The van der Waals surface area contributed by atoms with Gasteiger partial charge in [-0.1, -0.05) is 146 Å². The first-order valence-corrected chi connectivity index (χ1v) is 19.5. The molecule has 0 atom stereocenters. The zero-order valence-corrected chi connectivity index (χ0v) is 31.2. The first-order chi connectivity index (χ1) is 28.3. The van der Waals surface area contributed by atoms with Gasteiger partial charge in [0.05, 0.1) is 27.8 Å². The van der Waals surface area contributed by atoms with Crippen molar-refractivity contribution in [3.05, 3.63) is 224 Å². The summed E-state index contributed by atoms with van der Waals surface area (Å²) < 4.78 is 4.78. The van der Waals surface area contributed by atoms with Crippen molar-refractivity contribution in [1.29, 1.82) is 0 Å². The molecule has 0 radical (unpaired) electrons. The second kappa shape index (κ2) is 13.6. The molecule has 0 aliphatic carbocycles. The van der Waals surface area contributed by atoms with Gasteiger partial charge in [0, 0.05) is 44.3 Å². The first kappa shape index (κ1) is 32.8. The molecule has 0 fully saturated rings. The van der Waals surface area contributed by atoms with E-state index in [1.165, 1.54) is 60.3 Å². The lowest BCUT2D eigenvalue weighted by Gasteiger charge is -2.27. The lowest BCUT2D eigenvalue weighted by molar-refractivity contribution is 1.18. The molecule has 57 heavy (non-hydrogen) atoms. The molecule has 2 heterocycles. The van der Waals surface area contributed by atoms with E-state index in [4.69, 9.17) is 0 Å². The largest absolute Gasteiger partial charge is 0.310 e. The van der Waals surface area contributed by atoms with E-state index in [9.17, 15) is 0 Å². The van der Waals surface area contributed by atoms with Crippen molar-refractivity contribution in [3.63, 3.8) is 0 Å². The van der Waals surface area contributed by atoms with Gasteiger partial charge in [0.2, 0.25) is 0 Å². The summed E-state index contributed by atoms with van der Waals surface area (Å²) in [6.07, 6.45) is 0. The van der Waals surface area contributed by atoms with Crippen LogP contribution in [0.5, 0.6) is 0 Å². The van der Waals surface area contributed by atoms with Crippen molar-refractivity contribution in [1.82, 2.24) is 9.13 Å². The Bertz CT molecular complexity index is 3230. The van der Waals surface area contributed by atoms with Gasteiger partial charge in [-0.2, -0.15) is 0 Å². The zero-order valence-electron chi connectivity index (χ0n) is 31.2. The molecule has 0 saturated heterocycles. The van der Waals surface area contributed by atoms with Crippen LogP contribution >= 0.6 is 0 Å². The second-order valence-electron chi connectivity index (χ2n) is 14.6. The van der Waals surface area contributed by atoms with Crippen LogP contribution in [0.4, 0.5) is 17.1 Å². The number of aromatic nitrogens is 2. The third-order valence-corrected chi connectivity index (χ3v) is 11.3. The molecule has 3 heteroatoms. The van der Waals surface area contributed by atoms with Gasteiger partial charge in [-0.15, -0.1) is 0 Å². The molecule has 0 bridgehead atoms. The highest BCUT2D eigenvalue weighted by Crippen LogP contribution is 2.45. The summed E-state index contributed by atoms with van der Waals surface area (Å²) in [4.78, 5) is 2.44. The third kappa shape index (κ3) is 5.51. The number of para-hydroxylation sites is 4. The average Bonchev–Trinajstić information content (AvgIpc) is 3.81. The zero-order chi connectivity index (χ0) is 37.7. The van der Waals surface area contributed by atoms with Gasteiger partial charge in [-0.3, -0.25) is 0 Å². The predicted octanol–water partition coefficient (Wildman–Crippen LogP) is 14.7. The molecule has 2 aromatic heterocycles. The number of benzene rings is 9. The van der Waals surface area contributed by atoms with Crippen LogP contribution in [-0.4, -0.2) is 9.13 Å². The normalized spacial score (nSPS) is 11.5. The Kier molecular flexibility index (Phi) is 7.82. The summed E-state index contributed by atoms with van der Waals surface area (Å²) in [5, 5.41) is 4.92. The minimum atomic E-state index is 1.09. The number of hydrogen-bond donors (Lipinski definition) is 0. The number of rotatable bonds is 7. The fraction of sp³-hybridized carbons (Fsp3) is 0. The maximum atomic E-state index is 2.44. The van der Waals surface area contributed by atoms with Crippen LogP contribution < -0.4 is 4.90 Å². The SMILES string of the molecule is c1ccc(-c2cccc(N(c3cccc(-c4ccc5c6ccccc6n(-c6ccccc6)c5c4)c3)c3cccc4c3c3ccccc3n4-c3ccccc3)c2)cc1. The quantitative estimate of drug-likeness (QED) is 0.159. The Balaban J connectivity index is 1.14. The summed E-state index contributed by atoms with van der Waals surface area (Å²) in [6.45, 7) is 0. The molecule has 0 saturated carbocycles. The predicted molar refractivity (Wildman–Crippen MR) is 241 cm³/mol. The first-order valence-electron chi connectivity index (χ1n) is 19.5. The standard InChI is InChI=1S/C54H37N3/c1-4-17-38(18-5-1)39-19-14-25-44(35-39)55(51-31-16-32-52-54(51)48-28-11-13-30-50(48)56(52)42-21-6-2-7-22-42)45-26-15-20-40(36-45)41-33-34-47-46-27-10-12-29-49(46)57(53(47)37-41)43-23-8-3-9-24-43/h1-37H. The Morgan fingerprint density at radius 1 is 0.281 bits per heavy atom. The number of nitrogens with zero attached hydrogens (tertiary/aromatic N) is 3. The van der Waals surface area contributed by atoms with Crippen LogP contribution in [0.2, 0.25) is 0 Å². The highest BCUT2D eigenvalue weighted by Gasteiger charge is 2.22. The second-order valence-corrected chi connectivity index (χ2v) is 14.6. The lowest BCUT2D eigenvalue weighted by atomic mass is 10.0. The van der Waals surface area contributed by atoms with Gasteiger partial charge in [0.1, 0.15) is 0 Å². The van der Waals surface area contributed by atoms with Gasteiger partial charge in [-0.25, -0.2) is 0 Å². The highest BCUT2D eigenvalue weighted by atomic mass is 15.1. The monoisotopic (exact) mass is 727 g/mol. The Labute approximate surface area is 331 Å². The molecule has 11 aromatic rings. The summed E-state index contributed by atoms with van der Waals surface area (Å²) >= 11 is 0. The molecule has 11 rings (SSSR count). The highest BCUT2D eigenvalue weighted by molar-refractivity contribution is 6.17.